The summed E-state index contributed by atoms with van der Waals surface area (Å²) in [5, 5.41) is 9.08. The number of carboxylic acid groups (broad SMARTS) is 1. The van der Waals surface area contributed by atoms with Crippen molar-refractivity contribution >= 4 is 11.8 Å². The Morgan fingerprint density at radius 2 is 2.05 bits per heavy atom. The molecule has 1 heterocycles. The predicted octanol–water partition coefficient (Wildman–Crippen LogP) is 1.87. The molecule has 19 heavy (non-hydrogen) atoms. The minimum atomic E-state index is -1.10. The minimum Gasteiger partial charge on any atom is -0.477 e. The summed E-state index contributed by atoms with van der Waals surface area (Å²) < 4.78 is 5.86. The van der Waals surface area contributed by atoms with Crippen LogP contribution in [-0.2, 0) is 10.3 Å². The number of ether oxygens (including phenoxy) is 1. The average molecular weight is 265 g/mol. The molecule has 2 rings (SSSR count). The fourth-order valence-corrected chi connectivity index (χ4v) is 2.72. The monoisotopic (exact) mass is 265 g/mol. The van der Waals surface area contributed by atoms with Crippen LogP contribution in [0.5, 0.6) is 0 Å². The molecular weight excluding hydrogens is 246 g/mol. The highest BCUT2D eigenvalue weighted by molar-refractivity contribution is 5.93. The highest BCUT2D eigenvalue weighted by Crippen LogP contribution is 2.41. The van der Waals surface area contributed by atoms with E-state index in [4.69, 9.17) is 15.6 Å². The van der Waals surface area contributed by atoms with Crippen molar-refractivity contribution in [2.24, 2.45) is 0 Å². The van der Waals surface area contributed by atoms with Gasteiger partial charge in [-0.05, 0) is 39.5 Å². The Morgan fingerprint density at radius 3 is 2.53 bits per heavy atom. The van der Waals surface area contributed by atoms with Crippen LogP contribution in [0.15, 0.2) is 0 Å². The van der Waals surface area contributed by atoms with E-state index in [0.29, 0.717) is 18.1 Å². The first-order chi connectivity index (χ1) is 9.00. The summed E-state index contributed by atoms with van der Waals surface area (Å²) in [6, 6.07) is 0. The summed E-state index contributed by atoms with van der Waals surface area (Å²) in [7, 11) is 0. The maximum atomic E-state index is 11.1. The largest absolute Gasteiger partial charge is 0.477 e. The zero-order chi connectivity index (χ0) is 14.0. The number of carboxylic acids is 1. The van der Waals surface area contributed by atoms with Crippen molar-refractivity contribution < 1.29 is 14.6 Å². The Bertz CT molecular complexity index is 473. The third kappa shape index (κ3) is 2.40. The van der Waals surface area contributed by atoms with E-state index < -0.39 is 11.6 Å². The fourth-order valence-electron chi connectivity index (χ4n) is 2.72. The molecule has 3 N–H and O–H groups in total. The molecule has 0 aromatic carbocycles. The number of nitrogen functional groups attached to an aromatic ring is 1. The molecule has 104 valence electrons. The topological polar surface area (TPSA) is 98.3 Å². The lowest BCUT2D eigenvalue weighted by atomic mass is 10.0. The van der Waals surface area contributed by atoms with Gasteiger partial charge in [-0.1, -0.05) is 0 Å². The molecule has 0 atom stereocenters. The molecule has 1 aliphatic carbocycles. The predicted molar refractivity (Wildman–Crippen MR) is 69.9 cm³/mol. The van der Waals surface area contributed by atoms with Crippen LogP contribution < -0.4 is 5.73 Å². The van der Waals surface area contributed by atoms with Crippen molar-refractivity contribution in [3.8, 4) is 0 Å². The highest BCUT2D eigenvalue weighted by Gasteiger charge is 2.40. The number of rotatable bonds is 4. The van der Waals surface area contributed by atoms with E-state index in [1.807, 2.05) is 6.92 Å². The third-order valence-corrected chi connectivity index (χ3v) is 3.57. The van der Waals surface area contributed by atoms with Gasteiger partial charge in [0, 0.05) is 6.61 Å². The van der Waals surface area contributed by atoms with E-state index in [9.17, 15) is 4.79 Å². The second-order valence-corrected chi connectivity index (χ2v) is 4.83. The molecular formula is C13H19N3O3. The maximum absolute atomic E-state index is 11.1. The molecule has 0 unspecified atom stereocenters. The number of aryl methyl sites for hydroxylation is 1. The van der Waals surface area contributed by atoms with Crippen LogP contribution in [0.1, 0.15) is 54.5 Å². The van der Waals surface area contributed by atoms with Gasteiger partial charge in [0.15, 0.2) is 5.82 Å². The molecule has 0 amide bonds. The lowest BCUT2D eigenvalue weighted by molar-refractivity contribution is -0.0457. The van der Waals surface area contributed by atoms with Crippen LogP contribution in [0.3, 0.4) is 0 Å². The number of aromatic nitrogens is 2. The van der Waals surface area contributed by atoms with Crippen LogP contribution in [0.2, 0.25) is 0 Å². The summed E-state index contributed by atoms with van der Waals surface area (Å²) in [5.41, 5.74) is 5.63. The Labute approximate surface area is 112 Å². The third-order valence-electron chi connectivity index (χ3n) is 3.57. The van der Waals surface area contributed by atoms with E-state index >= 15 is 0 Å². The molecule has 0 aliphatic heterocycles. The van der Waals surface area contributed by atoms with Gasteiger partial charge in [0.1, 0.15) is 17.0 Å². The highest BCUT2D eigenvalue weighted by atomic mass is 16.5. The van der Waals surface area contributed by atoms with Crippen molar-refractivity contribution in [1.82, 2.24) is 9.97 Å². The normalized spacial score (nSPS) is 17.6. The zero-order valence-corrected chi connectivity index (χ0v) is 11.3. The average Bonchev–Trinajstić information content (AvgIpc) is 2.77. The maximum Gasteiger partial charge on any atom is 0.341 e. The van der Waals surface area contributed by atoms with Gasteiger partial charge in [-0.2, -0.15) is 0 Å². The Hall–Kier alpha value is -1.69. The summed E-state index contributed by atoms with van der Waals surface area (Å²) >= 11 is 0. The second-order valence-electron chi connectivity index (χ2n) is 4.83. The molecule has 1 aromatic heterocycles. The molecule has 0 radical (unpaired) electrons. The SMILES string of the molecule is CCOC1(c2nc(C)c(C(=O)O)c(N)n2)CCCC1. The molecule has 1 aromatic rings. The lowest BCUT2D eigenvalue weighted by Crippen LogP contribution is -2.30. The van der Waals surface area contributed by atoms with Crippen LogP contribution in [0.25, 0.3) is 0 Å². The van der Waals surface area contributed by atoms with Gasteiger partial charge in [-0.3, -0.25) is 0 Å². The van der Waals surface area contributed by atoms with E-state index in [0.717, 1.165) is 25.7 Å². The van der Waals surface area contributed by atoms with Crippen molar-refractivity contribution in [2.45, 2.75) is 45.1 Å². The van der Waals surface area contributed by atoms with Crippen molar-refractivity contribution in [1.29, 1.82) is 0 Å². The molecule has 1 saturated carbocycles. The number of nitrogens with zero attached hydrogens (tertiary/aromatic N) is 2. The van der Waals surface area contributed by atoms with Crippen molar-refractivity contribution in [3.63, 3.8) is 0 Å². The summed E-state index contributed by atoms with van der Waals surface area (Å²) in [5.74, 6) is -0.564. The van der Waals surface area contributed by atoms with Crippen LogP contribution >= 0.6 is 0 Å². The number of anilines is 1. The zero-order valence-electron chi connectivity index (χ0n) is 11.3. The van der Waals surface area contributed by atoms with Gasteiger partial charge in [0.2, 0.25) is 0 Å². The van der Waals surface area contributed by atoms with Crippen LogP contribution in [-0.4, -0.2) is 27.7 Å². The first-order valence-corrected chi connectivity index (χ1v) is 6.52. The van der Waals surface area contributed by atoms with Crippen LogP contribution in [0.4, 0.5) is 5.82 Å². The van der Waals surface area contributed by atoms with Gasteiger partial charge in [-0.25, -0.2) is 14.8 Å². The number of aromatic carboxylic acids is 1. The summed E-state index contributed by atoms with van der Waals surface area (Å²) in [4.78, 5) is 19.6. The Kier molecular flexibility index (Phi) is 3.71. The molecule has 0 spiro atoms. The smallest absolute Gasteiger partial charge is 0.341 e. The number of nitrogens with two attached hydrogens (primary N) is 1. The Balaban J connectivity index is 2.48. The number of hydrogen-bond acceptors (Lipinski definition) is 5. The Morgan fingerprint density at radius 1 is 1.42 bits per heavy atom. The van der Waals surface area contributed by atoms with Gasteiger partial charge < -0.3 is 15.6 Å². The minimum absolute atomic E-state index is 0.0148. The molecule has 6 heteroatoms. The molecule has 0 bridgehead atoms. The first kappa shape index (κ1) is 13.7. The van der Waals surface area contributed by atoms with Gasteiger partial charge >= 0.3 is 5.97 Å². The van der Waals surface area contributed by atoms with E-state index in [1.165, 1.54) is 0 Å². The van der Waals surface area contributed by atoms with Crippen LogP contribution in [0, 0.1) is 6.92 Å². The quantitative estimate of drug-likeness (QED) is 0.862. The van der Waals surface area contributed by atoms with Gasteiger partial charge in [0.25, 0.3) is 0 Å². The van der Waals surface area contributed by atoms with Crippen molar-refractivity contribution in [3.05, 3.63) is 17.1 Å². The molecule has 1 fully saturated rings. The number of hydrogen-bond donors (Lipinski definition) is 2. The van der Waals surface area contributed by atoms with E-state index in [1.54, 1.807) is 6.92 Å². The first-order valence-electron chi connectivity index (χ1n) is 6.52. The second kappa shape index (κ2) is 5.13. The lowest BCUT2D eigenvalue weighted by Gasteiger charge is -2.27. The molecule has 1 aliphatic rings. The van der Waals surface area contributed by atoms with Gasteiger partial charge in [-0.15, -0.1) is 0 Å². The number of carbonyl (C=O) groups is 1. The summed E-state index contributed by atoms with van der Waals surface area (Å²) in [6.07, 6.45) is 3.82. The standard InChI is InChI=1S/C13H19N3O3/c1-3-19-13(6-4-5-7-13)12-15-8(2)9(11(17)18)10(14)16-12/h3-7H2,1-2H3,(H,17,18)(H2,14,15,16). The van der Waals surface area contributed by atoms with Crippen molar-refractivity contribution in [2.75, 3.05) is 12.3 Å². The van der Waals surface area contributed by atoms with Gasteiger partial charge in [0.05, 0.1) is 5.69 Å². The molecule has 0 saturated heterocycles. The van der Waals surface area contributed by atoms with E-state index in [2.05, 4.69) is 9.97 Å². The fraction of sp³-hybridized carbons (Fsp3) is 0.615. The summed E-state index contributed by atoms with van der Waals surface area (Å²) in [6.45, 7) is 4.14. The molecule has 6 nitrogen and oxygen atoms in total. The van der Waals surface area contributed by atoms with E-state index in [-0.39, 0.29) is 11.4 Å².